The molecule has 2 aromatic rings. The van der Waals surface area contributed by atoms with Crippen molar-refractivity contribution >= 4 is 11.9 Å². The Balaban J connectivity index is 1.74. The number of hydrogen-bond acceptors (Lipinski definition) is 3. The Kier molecular flexibility index (Phi) is 5.07. The standard InChI is InChI=1S/C19H17F2NO3/c20-14-7-5-12(6-8-14)18(19(24)22-15-9-10-15)25-17(23)11-13-3-1-2-4-16(13)21/h1-8,15,18H,9-11H2,(H,22,24). The predicted octanol–water partition coefficient (Wildman–Crippen LogP) is 3.07. The molecule has 1 saturated carbocycles. The van der Waals surface area contributed by atoms with Gasteiger partial charge in [-0.2, -0.15) is 0 Å². The quantitative estimate of drug-likeness (QED) is 0.819. The molecule has 1 atom stereocenters. The number of esters is 1. The molecule has 0 spiro atoms. The zero-order chi connectivity index (χ0) is 17.8. The van der Waals surface area contributed by atoms with E-state index < -0.39 is 29.6 Å². The molecule has 25 heavy (non-hydrogen) atoms. The summed E-state index contributed by atoms with van der Waals surface area (Å²) in [5, 5.41) is 2.76. The molecule has 1 amide bonds. The normalized spacial score (nSPS) is 14.6. The number of rotatable bonds is 6. The minimum Gasteiger partial charge on any atom is -0.447 e. The van der Waals surface area contributed by atoms with Crippen LogP contribution >= 0.6 is 0 Å². The van der Waals surface area contributed by atoms with E-state index in [-0.39, 0.29) is 18.0 Å². The first-order valence-corrected chi connectivity index (χ1v) is 8.01. The van der Waals surface area contributed by atoms with Gasteiger partial charge in [-0.1, -0.05) is 30.3 Å². The van der Waals surface area contributed by atoms with Gasteiger partial charge in [0.25, 0.3) is 5.91 Å². The van der Waals surface area contributed by atoms with Crippen molar-refractivity contribution in [3.63, 3.8) is 0 Å². The summed E-state index contributed by atoms with van der Waals surface area (Å²) in [4.78, 5) is 24.6. The van der Waals surface area contributed by atoms with Crippen LogP contribution < -0.4 is 5.32 Å². The van der Waals surface area contributed by atoms with Crippen LogP contribution in [0.15, 0.2) is 48.5 Å². The minimum absolute atomic E-state index is 0.0840. The molecule has 0 aromatic heterocycles. The third-order valence-electron chi connectivity index (χ3n) is 3.88. The van der Waals surface area contributed by atoms with Crippen molar-refractivity contribution in [1.82, 2.24) is 5.32 Å². The summed E-state index contributed by atoms with van der Waals surface area (Å²) in [5.74, 6) is -2.16. The van der Waals surface area contributed by atoms with Gasteiger partial charge in [0.05, 0.1) is 6.42 Å². The lowest BCUT2D eigenvalue weighted by Gasteiger charge is -2.18. The van der Waals surface area contributed by atoms with Crippen LogP contribution in [0.2, 0.25) is 0 Å². The second kappa shape index (κ2) is 7.42. The number of carbonyl (C=O) groups excluding carboxylic acids is 2. The van der Waals surface area contributed by atoms with E-state index in [1.54, 1.807) is 6.07 Å². The molecule has 1 aliphatic rings. The molecule has 0 saturated heterocycles. The lowest BCUT2D eigenvalue weighted by molar-refractivity contribution is -0.156. The lowest BCUT2D eigenvalue weighted by Crippen LogP contribution is -2.33. The SMILES string of the molecule is O=C(Cc1ccccc1F)OC(C(=O)NC1CC1)c1ccc(F)cc1. The predicted molar refractivity (Wildman–Crippen MR) is 86.5 cm³/mol. The number of ether oxygens (including phenoxy) is 1. The molecule has 0 radical (unpaired) electrons. The first-order valence-electron chi connectivity index (χ1n) is 8.01. The van der Waals surface area contributed by atoms with Gasteiger partial charge in [0.15, 0.2) is 0 Å². The topological polar surface area (TPSA) is 55.4 Å². The fraction of sp³-hybridized carbons (Fsp3) is 0.263. The summed E-state index contributed by atoms with van der Waals surface area (Å²) in [5.41, 5.74) is 0.550. The first-order chi connectivity index (χ1) is 12.0. The van der Waals surface area contributed by atoms with Gasteiger partial charge in [-0.3, -0.25) is 9.59 Å². The number of hydrogen-bond donors (Lipinski definition) is 1. The van der Waals surface area contributed by atoms with Crippen LogP contribution in [0.5, 0.6) is 0 Å². The van der Waals surface area contributed by atoms with Crippen molar-refractivity contribution in [1.29, 1.82) is 0 Å². The molecular weight excluding hydrogens is 328 g/mol. The van der Waals surface area contributed by atoms with Crippen molar-refractivity contribution in [3.8, 4) is 0 Å². The van der Waals surface area contributed by atoms with Crippen LogP contribution in [0.25, 0.3) is 0 Å². The second-order valence-electron chi connectivity index (χ2n) is 5.97. The molecule has 130 valence electrons. The van der Waals surface area contributed by atoms with Crippen LogP contribution in [0.1, 0.15) is 30.1 Å². The third kappa shape index (κ3) is 4.62. The van der Waals surface area contributed by atoms with Crippen molar-refractivity contribution in [2.45, 2.75) is 31.4 Å². The van der Waals surface area contributed by atoms with Crippen molar-refractivity contribution in [2.24, 2.45) is 0 Å². The molecule has 4 nitrogen and oxygen atoms in total. The zero-order valence-electron chi connectivity index (χ0n) is 13.4. The van der Waals surface area contributed by atoms with E-state index in [0.717, 1.165) is 12.8 Å². The monoisotopic (exact) mass is 345 g/mol. The maximum absolute atomic E-state index is 13.7. The molecule has 0 aliphatic heterocycles. The molecular formula is C19H17F2NO3. The highest BCUT2D eigenvalue weighted by atomic mass is 19.1. The Morgan fingerprint density at radius 1 is 1.08 bits per heavy atom. The summed E-state index contributed by atoms with van der Waals surface area (Å²) < 4.78 is 32.1. The van der Waals surface area contributed by atoms with Crippen molar-refractivity contribution in [3.05, 3.63) is 71.3 Å². The molecule has 2 aromatic carbocycles. The van der Waals surface area contributed by atoms with E-state index in [1.165, 1.54) is 42.5 Å². The Labute approximate surface area is 143 Å². The average Bonchev–Trinajstić information content (AvgIpc) is 3.40. The van der Waals surface area contributed by atoms with E-state index in [1.807, 2.05) is 0 Å². The third-order valence-corrected chi connectivity index (χ3v) is 3.88. The Bertz CT molecular complexity index is 772. The Morgan fingerprint density at radius 2 is 1.76 bits per heavy atom. The van der Waals surface area contributed by atoms with Crippen molar-refractivity contribution < 1.29 is 23.1 Å². The number of amides is 1. The van der Waals surface area contributed by atoms with E-state index in [9.17, 15) is 18.4 Å². The number of benzene rings is 2. The van der Waals surface area contributed by atoms with Gasteiger partial charge in [0, 0.05) is 11.6 Å². The van der Waals surface area contributed by atoms with Gasteiger partial charge in [0.2, 0.25) is 6.10 Å². The summed E-state index contributed by atoms with van der Waals surface area (Å²) in [7, 11) is 0. The average molecular weight is 345 g/mol. The van der Waals surface area contributed by atoms with Crippen LogP contribution in [0.4, 0.5) is 8.78 Å². The largest absolute Gasteiger partial charge is 0.447 e. The van der Waals surface area contributed by atoms with E-state index >= 15 is 0 Å². The van der Waals surface area contributed by atoms with Gasteiger partial charge < -0.3 is 10.1 Å². The van der Waals surface area contributed by atoms with Gasteiger partial charge in [-0.05, 0) is 36.6 Å². The molecule has 1 unspecified atom stereocenters. The molecule has 0 bridgehead atoms. The van der Waals surface area contributed by atoms with Gasteiger partial charge in [0.1, 0.15) is 11.6 Å². The van der Waals surface area contributed by atoms with Crippen LogP contribution in [0, 0.1) is 11.6 Å². The van der Waals surface area contributed by atoms with Crippen LogP contribution in [-0.2, 0) is 20.7 Å². The van der Waals surface area contributed by atoms with E-state index in [4.69, 9.17) is 4.74 Å². The highest BCUT2D eigenvalue weighted by molar-refractivity contribution is 5.85. The fourth-order valence-electron chi connectivity index (χ4n) is 2.39. The smallest absolute Gasteiger partial charge is 0.311 e. The summed E-state index contributed by atoms with van der Waals surface area (Å²) in [6, 6.07) is 11.1. The number of carbonyl (C=O) groups is 2. The highest BCUT2D eigenvalue weighted by Crippen LogP contribution is 2.24. The fourth-order valence-corrected chi connectivity index (χ4v) is 2.39. The zero-order valence-corrected chi connectivity index (χ0v) is 13.4. The van der Waals surface area contributed by atoms with Gasteiger partial charge in [-0.15, -0.1) is 0 Å². The minimum atomic E-state index is -1.19. The summed E-state index contributed by atoms with van der Waals surface area (Å²) in [6.45, 7) is 0. The molecule has 0 heterocycles. The van der Waals surface area contributed by atoms with Gasteiger partial charge in [-0.25, -0.2) is 8.78 Å². The van der Waals surface area contributed by atoms with Crippen molar-refractivity contribution in [2.75, 3.05) is 0 Å². The molecule has 6 heteroatoms. The highest BCUT2D eigenvalue weighted by Gasteiger charge is 2.31. The second-order valence-corrected chi connectivity index (χ2v) is 5.97. The van der Waals surface area contributed by atoms with Gasteiger partial charge >= 0.3 is 5.97 Å². The maximum atomic E-state index is 13.7. The van der Waals surface area contributed by atoms with E-state index in [2.05, 4.69) is 5.32 Å². The lowest BCUT2D eigenvalue weighted by atomic mass is 10.1. The summed E-state index contributed by atoms with van der Waals surface area (Å²) in [6.07, 6.45) is 0.275. The molecule has 1 aliphatic carbocycles. The molecule has 1 N–H and O–H groups in total. The molecule has 1 fully saturated rings. The van der Waals surface area contributed by atoms with Crippen LogP contribution in [0.3, 0.4) is 0 Å². The Hall–Kier alpha value is -2.76. The molecule has 3 rings (SSSR count). The Morgan fingerprint density at radius 3 is 2.40 bits per heavy atom. The number of halogens is 2. The number of nitrogens with one attached hydrogen (secondary N) is 1. The maximum Gasteiger partial charge on any atom is 0.311 e. The van der Waals surface area contributed by atoms with E-state index in [0.29, 0.717) is 5.56 Å². The summed E-state index contributed by atoms with van der Waals surface area (Å²) >= 11 is 0. The van der Waals surface area contributed by atoms with Crippen LogP contribution in [-0.4, -0.2) is 17.9 Å². The first kappa shape index (κ1) is 17.1.